The van der Waals surface area contributed by atoms with Gasteiger partial charge in [0, 0.05) is 16.4 Å². The van der Waals surface area contributed by atoms with Gasteiger partial charge in [-0.3, -0.25) is 4.79 Å². The summed E-state index contributed by atoms with van der Waals surface area (Å²) in [6.45, 7) is 2.09. The third-order valence-electron chi connectivity index (χ3n) is 3.66. The van der Waals surface area contributed by atoms with Gasteiger partial charge in [-0.2, -0.15) is 0 Å². The van der Waals surface area contributed by atoms with E-state index in [9.17, 15) is 4.79 Å². The number of benzene rings is 2. The van der Waals surface area contributed by atoms with Crippen LogP contribution < -0.4 is 10.6 Å². The summed E-state index contributed by atoms with van der Waals surface area (Å²) in [6, 6.07) is 17.0. The Balaban J connectivity index is 1.79. The molecule has 0 aliphatic rings. The van der Waals surface area contributed by atoms with E-state index in [1.165, 1.54) is 0 Å². The van der Waals surface area contributed by atoms with E-state index in [0.717, 1.165) is 22.1 Å². The van der Waals surface area contributed by atoms with E-state index in [1.807, 2.05) is 48.5 Å². The van der Waals surface area contributed by atoms with E-state index in [2.05, 4.69) is 43.5 Å². The number of nitrogens with one attached hydrogen (secondary N) is 2. The first-order valence-corrected chi connectivity index (χ1v) is 8.70. The fourth-order valence-corrected chi connectivity index (χ4v) is 2.75. The Labute approximate surface area is 154 Å². The van der Waals surface area contributed by atoms with Crippen LogP contribution in [0.1, 0.15) is 23.0 Å². The number of nitrogens with zero attached hydrogens (tertiary/aromatic N) is 2. The Hall–Kier alpha value is -2.73. The predicted molar refractivity (Wildman–Crippen MR) is 103 cm³/mol. The molecule has 0 spiro atoms. The van der Waals surface area contributed by atoms with E-state index in [0.29, 0.717) is 17.3 Å². The lowest BCUT2D eigenvalue weighted by Crippen LogP contribution is -2.15. The summed E-state index contributed by atoms with van der Waals surface area (Å²) in [5, 5.41) is 6.02. The van der Waals surface area contributed by atoms with Gasteiger partial charge in [0.05, 0.1) is 5.69 Å². The molecule has 1 aromatic heterocycles. The summed E-state index contributed by atoms with van der Waals surface area (Å²) in [4.78, 5) is 21.0. The highest BCUT2D eigenvalue weighted by Gasteiger charge is 2.11. The molecule has 5 nitrogen and oxygen atoms in total. The van der Waals surface area contributed by atoms with Gasteiger partial charge in [-0.15, -0.1) is 0 Å². The maximum Gasteiger partial charge on any atom is 0.274 e. The molecular formula is C19H17BrN4O. The first-order chi connectivity index (χ1) is 12.2. The molecule has 1 heterocycles. The lowest BCUT2D eigenvalue weighted by molar-refractivity contribution is 0.102. The fraction of sp³-hybridized carbons (Fsp3) is 0.105. The minimum atomic E-state index is -0.291. The maximum absolute atomic E-state index is 12.4. The van der Waals surface area contributed by atoms with Gasteiger partial charge in [0.2, 0.25) is 5.95 Å². The molecule has 1 amide bonds. The number of amides is 1. The fourth-order valence-electron chi connectivity index (χ4n) is 2.37. The van der Waals surface area contributed by atoms with E-state index in [4.69, 9.17) is 0 Å². The second-order valence-corrected chi connectivity index (χ2v) is 6.19. The van der Waals surface area contributed by atoms with Crippen LogP contribution in [0.15, 0.2) is 65.3 Å². The van der Waals surface area contributed by atoms with Crippen molar-refractivity contribution in [2.24, 2.45) is 0 Å². The van der Waals surface area contributed by atoms with Crippen molar-refractivity contribution in [3.8, 4) is 0 Å². The van der Waals surface area contributed by atoms with Gasteiger partial charge in [0.15, 0.2) is 0 Å². The largest absolute Gasteiger partial charge is 0.324 e. The van der Waals surface area contributed by atoms with Crippen molar-refractivity contribution in [3.05, 3.63) is 76.5 Å². The molecule has 0 saturated heterocycles. The third kappa shape index (κ3) is 4.22. The Bertz CT molecular complexity index is 898. The van der Waals surface area contributed by atoms with Crippen LogP contribution in [0.3, 0.4) is 0 Å². The van der Waals surface area contributed by atoms with Crippen LogP contribution in [0.4, 0.5) is 17.3 Å². The van der Waals surface area contributed by atoms with Crippen molar-refractivity contribution < 1.29 is 4.79 Å². The molecule has 6 heteroatoms. The number of rotatable bonds is 5. The zero-order valence-electron chi connectivity index (χ0n) is 13.7. The lowest BCUT2D eigenvalue weighted by Gasteiger charge is -2.10. The quantitative estimate of drug-likeness (QED) is 0.649. The zero-order chi connectivity index (χ0) is 17.6. The number of halogens is 1. The SMILES string of the molecule is CCc1ccccc1Nc1nccc(C(=O)Nc2ccccc2Br)n1. The standard InChI is InChI=1S/C19H17BrN4O/c1-2-13-7-3-5-9-15(13)23-19-21-12-11-17(24-19)18(25)22-16-10-6-4-8-14(16)20/h3-12H,2H2,1H3,(H,22,25)(H,21,23,24). The van der Waals surface area contributed by atoms with Crippen LogP contribution in [0.5, 0.6) is 0 Å². The number of anilines is 3. The molecule has 0 atom stereocenters. The first-order valence-electron chi connectivity index (χ1n) is 7.91. The molecule has 3 aromatic rings. The van der Waals surface area contributed by atoms with Gasteiger partial charge in [-0.05, 0) is 52.2 Å². The van der Waals surface area contributed by atoms with Gasteiger partial charge in [-0.25, -0.2) is 9.97 Å². The topological polar surface area (TPSA) is 66.9 Å². The minimum Gasteiger partial charge on any atom is -0.324 e. The second kappa shape index (κ2) is 7.90. The van der Waals surface area contributed by atoms with Crippen LogP contribution in [-0.4, -0.2) is 15.9 Å². The van der Waals surface area contributed by atoms with Crippen LogP contribution in [0, 0.1) is 0 Å². The molecule has 25 heavy (non-hydrogen) atoms. The molecule has 0 aliphatic heterocycles. The minimum absolute atomic E-state index is 0.291. The highest BCUT2D eigenvalue weighted by atomic mass is 79.9. The molecule has 0 aliphatic carbocycles. The number of aryl methyl sites for hydroxylation is 1. The van der Waals surface area contributed by atoms with Gasteiger partial charge >= 0.3 is 0 Å². The smallest absolute Gasteiger partial charge is 0.274 e. The molecule has 126 valence electrons. The predicted octanol–water partition coefficient (Wildman–Crippen LogP) is 4.80. The molecular weight excluding hydrogens is 380 g/mol. The average molecular weight is 397 g/mol. The number of hydrogen-bond donors (Lipinski definition) is 2. The molecule has 0 radical (unpaired) electrons. The normalized spacial score (nSPS) is 10.3. The third-order valence-corrected chi connectivity index (χ3v) is 4.35. The van der Waals surface area contributed by atoms with E-state index >= 15 is 0 Å². The van der Waals surface area contributed by atoms with E-state index in [1.54, 1.807) is 12.3 Å². The molecule has 0 unspecified atom stereocenters. The van der Waals surface area contributed by atoms with E-state index in [-0.39, 0.29) is 5.91 Å². The summed E-state index contributed by atoms with van der Waals surface area (Å²) < 4.78 is 0.813. The molecule has 0 bridgehead atoms. The number of carbonyl (C=O) groups is 1. The summed E-state index contributed by atoms with van der Waals surface area (Å²) >= 11 is 3.41. The maximum atomic E-state index is 12.4. The Kier molecular flexibility index (Phi) is 5.40. The van der Waals surface area contributed by atoms with Gasteiger partial charge in [0.1, 0.15) is 5.69 Å². The van der Waals surface area contributed by atoms with Gasteiger partial charge in [0.25, 0.3) is 5.91 Å². The molecule has 3 rings (SSSR count). The van der Waals surface area contributed by atoms with Crippen LogP contribution in [0.25, 0.3) is 0 Å². The van der Waals surface area contributed by atoms with Crippen molar-refractivity contribution in [3.63, 3.8) is 0 Å². The number of hydrogen-bond acceptors (Lipinski definition) is 4. The first kappa shape index (κ1) is 17.1. The Morgan fingerprint density at radius 3 is 2.52 bits per heavy atom. The Morgan fingerprint density at radius 1 is 1.04 bits per heavy atom. The monoisotopic (exact) mass is 396 g/mol. The Morgan fingerprint density at radius 2 is 1.76 bits per heavy atom. The number of carbonyl (C=O) groups excluding carboxylic acids is 1. The van der Waals surface area contributed by atoms with Crippen molar-refractivity contribution in [2.75, 3.05) is 10.6 Å². The summed E-state index contributed by atoms with van der Waals surface area (Å²) in [6.07, 6.45) is 2.46. The van der Waals surface area contributed by atoms with Crippen molar-refractivity contribution in [1.82, 2.24) is 9.97 Å². The van der Waals surface area contributed by atoms with Crippen LogP contribution in [0.2, 0.25) is 0 Å². The van der Waals surface area contributed by atoms with Crippen LogP contribution >= 0.6 is 15.9 Å². The van der Waals surface area contributed by atoms with Crippen molar-refractivity contribution >= 4 is 39.2 Å². The highest BCUT2D eigenvalue weighted by molar-refractivity contribution is 9.10. The molecule has 2 aromatic carbocycles. The van der Waals surface area contributed by atoms with Gasteiger partial charge in [-0.1, -0.05) is 37.3 Å². The van der Waals surface area contributed by atoms with Gasteiger partial charge < -0.3 is 10.6 Å². The van der Waals surface area contributed by atoms with Crippen molar-refractivity contribution in [2.45, 2.75) is 13.3 Å². The summed E-state index contributed by atoms with van der Waals surface area (Å²) in [5.41, 5.74) is 3.08. The average Bonchev–Trinajstić information content (AvgIpc) is 2.64. The second-order valence-electron chi connectivity index (χ2n) is 5.34. The number of aromatic nitrogens is 2. The zero-order valence-corrected chi connectivity index (χ0v) is 15.2. The van der Waals surface area contributed by atoms with Crippen molar-refractivity contribution in [1.29, 1.82) is 0 Å². The highest BCUT2D eigenvalue weighted by Crippen LogP contribution is 2.22. The lowest BCUT2D eigenvalue weighted by atomic mass is 10.1. The van der Waals surface area contributed by atoms with Crippen LogP contribution in [-0.2, 0) is 6.42 Å². The summed E-state index contributed by atoms with van der Waals surface area (Å²) in [5.74, 6) is 0.0989. The van der Waals surface area contributed by atoms with E-state index < -0.39 is 0 Å². The molecule has 0 fully saturated rings. The summed E-state index contributed by atoms with van der Waals surface area (Å²) in [7, 11) is 0. The number of para-hydroxylation sites is 2. The molecule has 0 saturated carbocycles. The molecule has 2 N–H and O–H groups in total.